The van der Waals surface area contributed by atoms with Gasteiger partial charge in [-0.2, -0.15) is 0 Å². The first-order valence-corrected chi connectivity index (χ1v) is 17.0. The quantitative estimate of drug-likeness (QED) is 0.155. The van der Waals surface area contributed by atoms with E-state index in [0.717, 1.165) is 0 Å². The molecule has 7 rings (SSSR count). The largest absolute Gasteiger partial charge is 0.0683 e. The Labute approximate surface area is 271 Å². The number of hydrogen-bond donors (Lipinski definition) is 0. The van der Waals surface area contributed by atoms with E-state index in [1.165, 1.54) is 43.1 Å². The van der Waals surface area contributed by atoms with E-state index in [0.29, 0.717) is 0 Å². The van der Waals surface area contributed by atoms with Gasteiger partial charge in [-0.15, -0.1) is 0 Å². The zero-order chi connectivity index (χ0) is 33.6. The van der Waals surface area contributed by atoms with E-state index < -0.39 is 0 Å². The van der Waals surface area contributed by atoms with Crippen molar-refractivity contribution in [1.82, 2.24) is 0 Å². The Hall–Kier alpha value is -4.16. The smallest absolute Gasteiger partial charge is 0.00268 e. The minimum atomic E-state index is 1.31. The molecule has 0 fully saturated rings. The summed E-state index contributed by atoms with van der Waals surface area (Å²) in [6.45, 7) is 24.0. The lowest BCUT2D eigenvalue weighted by molar-refractivity contribution is 1.50. The maximum atomic E-state index is 2.21. The summed E-state index contributed by atoms with van der Waals surface area (Å²) in [7, 11) is 0. The Kier molecular flexibility index (Phi) is 27.6. The fourth-order valence-electron chi connectivity index (χ4n) is 4.19. The molecule has 236 valence electrons. The van der Waals surface area contributed by atoms with Crippen LogP contribution < -0.4 is 0 Å². The van der Waals surface area contributed by atoms with Gasteiger partial charge in [-0.1, -0.05) is 229 Å². The third-order valence-corrected chi connectivity index (χ3v) is 5.72. The van der Waals surface area contributed by atoms with Crippen molar-refractivity contribution in [2.24, 2.45) is 0 Å². The van der Waals surface area contributed by atoms with Gasteiger partial charge in [0.15, 0.2) is 0 Å². The van der Waals surface area contributed by atoms with E-state index in [2.05, 4.69) is 109 Å². The van der Waals surface area contributed by atoms with Crippen molar-refractivity contribution in [2.75, 3.05) is 0 Å². The SMILES string of the molecule is CC.CC.CC.CC.CC.CC.c1cc2ccc3cccc4ccc(c1)c2c34.c1ccc2ccccc2c1.c1ccccc1. The second-order valence-corrected chi connectivity index (χ2v) is 7.79. The number of hydrogen-bond acceptors (Lipinski definition) is 0. The lowest BCUT2D eigenvalue weighted by atomic mass is 9.95. The van der Waals surface area contributed by atoms with Gasteiger partial charge in [-0.25, -0.2) is 0 Å². The molecule has 44 heavy (non-hydrogen) atoms. The second kappa shape index (κ2) is 28.9. The standard InChI is InChI=1S/C16H10.C10H8.C6H6.6C2H6/c1-3-11-7-9-13-5-2-6-14-10-8-12(4-1)15(11)16(13)14;1-2-6-10-8-4-3-7-9(10)5-1;1-2-4-6-5-3-1;6*1-2/h1-10H;1-8H;1-6H;6*1-2H3. The summed E-state index contributed by atoms with van der Waals surface area (Å²) in [6, 6.07) is 50.6. The minimum Gasteiger partial charge on any atom is -0.0683 e. The highest BCUT2D eigenvalue weighted by atomic mass is 14.1. The van der Waals surface area contributed by atoms with E-state index in [1.54, 1.807) is 0 Å². The van der Waals surface area contributed by atoms with Crippen LogP contribution in [0.2, 0.25) is 0 Å². The summed E-state index contributed by atoms with van der Waals surface area (Å²) in [5.41, 5.74) is 0. The Morgan fingerprint density at radius 2 is 0.364 bits per heavy atom. The van der Waals surface area contributed by atoms with Gasteiger partial charge in [-0.3, -0.25) is 0 Å². The van der Waals surface area contributed by atoms with Crippen LogP contribution >= 0.6 is 0 Å². The molecule has 0 aliphatic heterocycles. The zero-order valence-corrected chi connectivity index (χ0v) is 29.9. The summed E-state index contributed by atoms with van der Waals surface area (Å²) in [5.74, 6) is 0. The molecule has 0 atom stereocenters. The lowest BCUT2D eigenvalue weighted by Crippen LogP contribution is -1.82. The van der Waals surface area contributed by atoms with Gasteiger partial charge in [0.05, 0.1) is 0 Å². The van der Waals surface area contributed by atoms with Crippen molar-refractivity contribution in [1.29, 1.82) is 0 Å². The van der Waals surface area contributed by atoms with Gasteiger partial charge in [0.2, 0.25) is 0 Å². The van der Waals surface area contributed by atoms with Crippen LogP contribution in [0.4, 0.5) is 0 Å². The van der Waals surface area contributed by atoms with Gasteiger partial charge in [-0.05, 0) is 43.1 Å². The number of benzene rings is 7. The monoisotopic (exact) mass is 588 g/mol. The van der Waals surface area contributed by atoms with Crippen molar-refractivity contribution in [3.63, 3.8) is 0 Å². The summed E-state index contributed by atoms with van der Waals surface area (Å²) >= 11 is 0. The van der Waals surface area contributed by atoms with Crippen LogP contribution in [-0.4, -0.2) is 0 Å². The zero-order valence-electron chi connectivity index (χ0n) is 29.9. The molecule has 0 heteroatoms. The van der Waals surface area contributed by atoms with Gasteiger partial charge < -0.3 is 0 Å². The normalized spacial score (nSPS) is 8.45. The summed E-state index contributed by atoms with van der Waals surface area (Å²) < 4.78 is 0. The summed E-state index contributed by atoms with van der Waals surface area (Å²) in [4.78, 5) is 0. The molecule has 7 aromatic rings. The van der Waals surface area contributed by atoms with Crippen molar-refractivity contribution >= 4 is 43.1 Å². The molecule has 0 spiro atoms. The van der Waals surface area contributed by atoms with E-state index in [4.69, 9.17) is 0 Å². The highest BCUT2D eigenvalue weighted by molar-refractivity contribution is 6.22. The summed E-state index contributed by atoms with van der Waals surface area (Å²) in [6.07, 6.45) is 0. The van der Waals surface area contributed by atoms with Crippen LogP contribution in [0.5, 0.6) is 0 Å². The topological polar surface area (TPSA) is 0 Å². The molecule has 0 aromatic heterocycles. The second-order valence-electron chi connectivity index (χ2n) is 7.79. The Morgan fingerprint density at radius 1 is 0.182 bits per heavy atom. The van der Waals surface area contributed by atoms with Crippen LogP contribution in [0, 0.1) is 0 Å². The molecule has 0 saturated heterocycles. The van der Waals surface area contributed by atoms with Crippen molar-refractivity contribution in [3.8, 4) is 0 Å². The van der Waals surface area contributed by atoms with Gasteiger partial charge in [0, 0.05) is 0 Å². The van der Waals surface area contributed by atoms with Crippen LogP contribution in [0.15, 0.2) is 146 Å². The third-order valence-electron chi connectivity index (χ3n) is 5.72. The molecule has 0 saturated carbocycles. The maximum absolute atomic E-state index is 2.21. The molecule has 0 heterocycles. The Morgan fingerprint density at radius 3 is 0.568 bits per heavy atom. The van der Waals surface area contributed by atoms with E-state index in [1.807, 2.05) is 119 Å². The third kappa shape index (κ3) is 13.4. The predicted molar refractivity (Wildman–Crippen MR) is 209 cm³/mol. The van der Waals surface area contributed by atoms with Gasteiger partial charge >= 0.3 is 0 Å². The fourth-order valence-corrected chi connectivity index (χ4v) is 4.19. The lowest BCUT2D eigenvalue weighted by Gasteiger charge is -2.09. The Bertz CT molecular complexity index is 1340. The average Bonchev–Trinajstić information content (AvgIpc) is 3.17. The van der Waals surface area contributed by atoms with Crippen molar-refractivity contribution < 1.29 is 0 Å². The first-order valence-electron chi connectivity index (χ1n) is 17.0. The number of rotatable bonds is 0. The molecular formula is C44H60. The molecule has 0 radical (unpaired) electrons. The summed E-state index contributed by atoms with van der Waals surface area (Å²) in [5, 5.41) is 10.8. The van der Waals surface area contributed by atoms with Crippen LogP contribution in [0.1, 0.15) is 83.1 Å². The average molecular weight is 589 g/mol. The van der Waals surface area contributed by atoms with E-state index in [9.17, 15) is 0 Å². The van der Waals surface area contributed by atoms with Crippen LogP contribution in [0.3, 0.4) is 0 Å². The fraction of sp³-hybridized carbons (Fsp3) is 0.273. The van der Waals surface area contributed by atoms with Crippen LogP contribution in [0.25, 0.3) is 43.1 Å². The maximum Gasteiger partial charge on any atom is -0.00268 e. The molecule has 0 aliphatic carbocycles. The van der Waals surface area contributed by atoms with Crippen molar-refractivity contribution in [3.05, 3.63) is 146 Å². The molecule has 0 amide bonds. The van der Waals surface area contributed by atoms with E-state index in [-0.39, 0.29) is 0 Å². The van der Waals surface area contributed by atoms with Crippen molar-refractivity contribution in [2.45, 2.75) is 83.1 Å². The Balaban J connectivity index is 0. The first-order chi connectivity index (χ1) is 21.9. The minimum absolute atomic E-state index is 1.31. The highest BCUT2D eigenvalue weighted by Crippen LogP contribution is 2.33. The first kappa shape index (κ1) is 42.0. The molecule has 0 bridgehead atoms. The molecule has 0 unspecified atom stereocenters. The van der Waals surface area contributed by atoms with Gasteiger partial charge in [0.25, 0.3) is 0 Å². The van der Waals surface area contributed by atoms with Gasteiger partial charge in [0.1, 0.15) is 0 Å². The molecular weight excluding hydrogens is 528 g/mol. The van der Waals surface area contributed by atoms with Crippen LogP contribution in [-0.2, 0) is 0 Å². The van der Waals surface area contributed by atoms with E-state index >= 15 is 0 Å². The molecule has 0 aliphatic rings. The predicted octanol–water partition coefficient (Wildman–Crippen LogP) is 15.3. The molecule has 7 aromatic carbocycles. The highest BCUT2D eigenvalue weighted by Gasteiger charge is 2.05. The molecule has 0 N–H and O–H groups in total. The molecule has 0 nitrogen and oxygen atoms in total. The number of fused-ring (bicyclic) bond motifs is 1.